The fourth-order valence-corrected chi connectivity index (χ4v) is 3.71. The summed E-state index contributed by atoms with van der Waals surface area (Å²) in [6.07, 6.45) is 6.06. The number of aryl methyl sites for hydroxylation is 1. The number of hydrogen-bond donors (Lipinski definition) is 1. The van der Waals surface area contributed by atoms with Crippen LogP contribution in [0.1, 0.15) is 24.7 Å². The first-order valence-electron chi connectivity index (χ1n) is 10.1. The van der Waals surface area contributed by atoms with Crippen LogP contribution in [0, 0.1) is 5.92 Å². The Morgan fingerprint density at radius 1 is 1.21 bits per heavy atom. The molecule has 1 saturated heterocycles. The Morgan fingerprint density at radius 3 is 2.61 bits per heavy atom. The highest BCUT2D eigenvalue weighted by atomic mass is 16.5. The molecule has 7 heteroatoms. The summed E-state index contributed by atoms with van der Waals surface area (Å²) in [5.41, 5.74) is 0. The zero-order chi connectivity index (χ0) is 19.3. The van der Waals surface area contributed by atoms with Crippen molar-refractivity contribution < 1.29 is 9.53 Å². The molecule has 2 aromatic rings. The van der Waals surface area contributed by atoms with E-state index in [-0.39, 0.29) is 12.1 Å². The second kappa shape index (κ2) is 8.65. The first-order valence-corrected chi connectivity index (χ1v) is 10.1. The van der Waals surface area contributed by atoms with Crippen molar-refractivity contribution in [2.45, 2.75) is 18.9 Å². The normalized spacial score (nSPS) is 18.7. The molecule has 1 aromatic carbocycles. The maximum atomic E-state index is 12.8. The van der Waals surface area contributed by atoms with Gasteiger partial charge in [0.1, 0.15) is 18.2 Å². The van der Waals surface area contributed by atoms with E-state index < -0.39 is 0 Å². The summed E-state index contributed by atoms with van der Waals surface area (Å²) < 4.78 is 7.79. The predicted molar refractivity (Wildman–Crippen MR) is 107 cm³/mol. The van der Waals surface area contributed by atoms with Gasteiger partial charge in [-0.25, -0.2) is 9.78 Å². The SMILES string of the molecule is Cn1ccnc1[C@@H](NC(=O)N1CCN(CCOc2ccccc2)CC1)C1CC1. The minimum Gasteiger partial charge on any atom is -0.492 e. The van der Waals surface area contributed by atoms with E-state index in [1.165, 1.54) is 0 Å². The Hall–Kier alpha value is -2.54. The molecule has 0 bridgehead atoms. The molecule has 1 aliphatic carbocycles. The number of piperazine rings is 1. The van der Waals surface area contributed by atoms with E-state index in [9.17, 15) is 4.79 Å². The van der Waals surface area contributed by atoms with Crippen LogP contribution in [-0.2, 0) is 7.05 Å². The van der Waals surface area contributed by atoms with Gasteiger partial charge >= 0.3 is 6.03 Å². The van der Waals surface area contributed by atoms with Crippen molar-refractivity contribution in [3.05, 3.63) is 48.5 Å². The maximum absolute atomic E-state index is 12.8. The number of ether oxygens (including phenoxy) is 1. The Balaban J connectivity index is 1.22. The zero-order valence-corrected chi connectivity index (χ0v) is 16.5. The van der Waals surface area contributed by atoms with Crippen LogP contribution in [0.5, 0.6) is 5.75 Å². The lowest BCUT2D eigenvalue weighted by molar-refractivity contribution is 0.123. The third-order valence-electron chi connectivity index (χ3n) is 5.59. The summed E-state index contributed by atoms with van der Waals surface area (Å²) in [5, 5.41) is 3.23. The van der Waals surface area contributed by atoms with Gasteiger partial charge in [0.2, 0.25) is 0 Å². The number of nitrogens with zero attached hydrogens (tertiary/aromatic N) is 4. The topological polar surface area (TPSA) is 62.6 Å². The van der Waals surface area contributed by atoms with Crippen LogP contribution in [0.2, 0.25) is 0 Å². The van der Waals surface area contributed by atoms with Crippen LogP contribution in [0.4, 0.5) is 4.79 Å². The van der Waals surface area contributed by atoms with E-state index in [2.05, 4.69) is 15.2 Å². The number of carbonyl (C=O) groups excluding carboxylic acids is 1. The number of benzene rings is 1. The summed E-state index contributed by atoms with van der Waals surface area (Å²) in [5.74, 6) is 2.37. The van der Waals surface area contributed by atoms with Crippen LogP contribution in [0.3, 0.4) is 0 Å². The zero-order valence-electron chi connectivity index (χ0n) is 16.5. The molecule has 7 nitrogen and oxygen atoms in total. The van der Waals surface area contributed by atoms with Crippen molar-refractivity contribution in [3.8, 4) is 5.75 Å². The summed E-state index contributed by atoms with van der Waals surface area (Å²) >= 11 is 0. The molecule has 0 radical (unpaired) electrons. The lowest BCUT2D eigenvalue weighted by atomic mass is 10.1. The molecule has 2 amide bonds. The average Bonchev–Trinajstić information content (AvgIpc) is 3.48. The predicted octanol–water partition coefficient (Wildman–Crippen LogP) is 2.28. The molecule has 1 N–H and O–H groups in total. The summed E-state index contributed by atoms with van der Waals surface area (Å²) in [6, 6.07) is 9.93. The highest BCUT2D eigenvalue weighted by Gasteiger charge is 2.36. The fourth-order valence-electron chi connectivity index (χ4n) is 3.71. The van der Waals surface area contributed by atoms with Gasteiger partial charge in [-0.1, -0.05) is 18.2 Å². The lowest BCUT2D eigenvalue weighted by Gasteiger charge is -2.35. The van der Waals surface area contributed by atoms with E-state index in [0.717, 1.165) is 57.1 Å². The number of imidazole rings is 1. The monoisotopic (exact) mass is 383 g/mol. The molecular weight excluding hydrogens is 354 g/mol. The number of para-hydroxylation sites is 1. The van der Waals surface area contributed by atoms with E-state index in [0.29, 0.717) is 12.5 Å². The van der Waals surface area contributed by atoms with Crippen molar-refractivity contribution in [1.29, 1.82) is 0 Å². The summed E-state index contributed by atoms with van der Waals surface area (Å²) in [4.78, 5) is 21.5. The summed E-state index contributed by atoms with van der Waals surface area (Å²) in [6.45, 7) is 4.79. The molecule has 1 aliphatic heterocycles. The second-order valence-electron chi connectivity index (χ2n) is 7.65. The van der Waals surface area contributed by atoms with Crippen LogP contribution in [0.25, 0.3) is 0 Å². The number of aromatic nitrogens is 2. The van der Waals surface area contributed by atoms with Crippen LogP contribution in [0.15, 0.2) is 42.7 Å². The van der Waals surface area contributed by atoms with Crippen molar-refractivity contribution >= 4 is 6.03 Å². The van der Waals surface area contributed by atoms with Crippen LogP contribution in [-0.4, -0.2) is 64.7 Å². The third kappa shape index (κ3) is 4.65. The summed E-state index contributed by atoms with van der Waals surface area (Å²) in [7, 11) is 1.99. The van der Waals surface area contributed by atoms with Gasteiger partial charge in [-0.05, 0) is 30.9 Å². The largest absolute Gasteiger partial charge is 0.492 e. The van der Waals surface area contributed by atoms with E-state index in [1.54, 1.807) is 6.20 Å². The second-order valence-corrected chi connectivity index (χ2v) is 7.65. The lowest BCUT2D eigenvalue weighted by Crippen LogP contribution is -2.53. The maximum Gasteiger partial charge on any atom is 0.318 e. The molecule has 1 aromatic heterocycles. The Morgan fingerprint density at radius 2 is 1.96 bits per heavy atom. The molecule has 1 saturated carbocycles. The molecule has 2 aliphatic rings. The van der Waals surface area contributed by atoms with Crippen LogP contribution < -0.4 is 10.1 Å². The molecule has 2 fully saturated rings. The van der Waals surface area contributed by atoms with Gasteiger partial charge in [0, 0.05) is 52.2 Å². The smallest absolute Gasteiger partial charge is 0.318 e. The number of rotatable bonds is 7. The minimum atomic E-state index is 0.0183. The van der Waals surface area contributed by atoms with Crippen molar-refractivity contribution in [1.82, 2.24) is 24.7 Å². The molecule has 2 heterocycles. The number of carbonyl (C=O) groups is 1. The van der Waals surface area contributed by atoms with Crippen molar-refractivity contribution in [2.75, 3.05) is 39.3 Å². The van der Waals surface area contributed by atoms with Gasteiger partial charge in [0.05, 0.1) is 6.04 Å². The Kier molecular flexibility index (Phi) is 5.81. The van der Waals surface area contributed by atoms with Crippen LogP contribution >= 0.6 is 0 Å². The molecular formula is C21H29N5O2. The molecule has 0 unspecified atom stereocenters. The van der Waals surface area contributed by atoms with Crippen molar-refractivity contribution in [3.63, 3.8) is 0 Å². The quantitative estimate of drug-likeness (QED) is 0.797. The molecule has 4 rings (SSSR count). The Bertz CT molecular complexity index is 766. The average molecular weight is 383 g/mol. The number of nitrogens with one attached hydrogen (secondary N) is 1. The van der Waals surface area contributed by atoms with Gasteiger partial charge in [-0.3, -0.25) is 4.90 Å². The van der Waals surface area contributed by atoms with E-state index in [1.807, 2.05) is 53.0 Å². The molecule has 0 spiro atoms. The van der Waals surface area contributed by atoms with Gasteiger partial charge in [-0.2, -0.15) is 0 Å². The fraction of sp³-hybridized carbons (Fsp3) is 0.524. The highest BCUT2D eigenvalue weighted by molar-refractivity contribution is 5.74. The number of urea groups is 1. The van der Waals surface area contributed by atoms with Gasteiger partial charge < -0.3 is 19.5 Å². The van der Waals surface area contributed by atoms with Crippen molar-refractivity contribution in [2.24, 2.45) is 13.0 Å². The highest BCUT2D eigenvalue weighted by Crippen LogP contribution is 2.40. The van der Waals surface area contributed by atoms with Gasteiger partial charge in [-0.15, -0.1) is 0 Å². The van der Waals surface area contributed by atoms with E-state index in [4.69, 9.17) is 4.74 Å². The number of amides is 2. The third-order valence-corrected chi connectivity index (χ3v) is 5.59. The number of hydrogen-bond acceptors (Lipinski definition) is 4. The first kappa shape index (κ1) is 18.8. The van der Waals surface area contributed by atoms with Gasteiger partial charge in [0.15, 0.2) is 0 Å². The molecule has 28 heavy (non-hydrogen) atoms. The van der Waals surface area contributed by atoms with Gasteiger partial charge in [0.25, 0.3) is 0 Å². The Labute approximate surface area is 166 Å². The molecule has 1 atom stereocenters. The first-order chi connectivity index (χ1) is 13.7. The van der Waals surface area contributed by atoms with E-state index >= 15 is 0 Å². The minimum absolute atomic E-state index is 0.0183. The molecule has 150 valence electrons. The standard InChI is InChI=1S/C21H29N5O2/c1-24-10-9-22-20(24)19(17-7-8-17)23-21(27)26-13-11-25(12-14-26)15-16-28-18-5-3-2-4-6-18/h2-6,9-10,17,19H,7-8,11-16H2,1H3,(H,23,27)/t19-/m0/s1.